The van der Waals surface area contributed by atoms with E-state index in [1.807, 2.05) is 0 Å². The van der Waals surface area contributed by atoms with Crippen LogP contribution in [0.5, 0.6) is 0 Å². The Kier molecular flexibility index (Phi) is 2.44. The number of aliphatic imine (C=N–C) groups is 1. The Labute approximate surface area is 102 Å². The molecule has 0 aromatic carbocycles. The van der Waals surface area contributed by atoms with E-state index in [1.54, 1.807) is 11.3 Å². The highest BCUT2D eigenvalue weighted by Crippen LogP contribution is 2.35. The van der Waals surface area contributed by atoms with E-state index in [1.165, 1.54) is 10.4 Å². The summed E-state index contributed by atoms with van der Waals surface area (Å²) in [5, 5.41) is 6.92. The van der Waals surface area contributed by atoms with E-state index in [4.69, 9.17) is 0 Å². The molecule has 2 N–H and O–H groups in total. The number of guanidine groups is 1. The van der Waals surface area contributed by atoms with E-state index < -0.39 is 11.8 Å². The molecule has 1 unspecified atom stereocenters. The number of thiophene rings is 1. The minimum Gasteiger partial charge on any atom is -0.288 e. The highest BCUT2D eigenvalue weighted by molar-refractivity contribution is 7.10. The van der Waals surface area contributed by atoms with E-state index in [-0.39, 0.29) is 12.0 Å². The van der Waals surface area contributed by atoms with Crippen LogP contribution in [0.25, 0.3) is 0 Å². The van der Waals surface area contributed by atoms with Crippen molar-refractivity contribution in [1.29, 1.82) is 0 Å². The molecule has 1 fully saturated rings. The first-order valence-electron chi connectivity index (χ1n) is 5.50. The summed E-state index contributed by atoms with van der Waals surface area (Å²) in [6, 6.07) is 2.13. The maximum atomic E-state index is 11.0. The second-order valence-electron chi connectivity index (χ2n) is 4.09. The van der Waals surface area contributed by atoms with Crippen molar-refractivity contribution < 1.29 is 9.59 Å². The molecule has 1 saturated heterocycles. The largest absolute Gasteiger partial charge is 0.316 e. The number of hydrogen-bond donors (Lipinski definition) is 2. The monoisotopic (exact) mass is 249 g/mol. The van der Waals surface area contributed by atoms with Gasteiger partial charge < -0.3 is 0 Å². The molecule has 6 heteroatoms. The summed E-state index contributed by atoms with van der Waals surface area (Å²) in [4.78, 5) is 27.8. The van der Waals surface area contributed by atoms with E-state index in [2.05, 4.69) is 27.1 Å². The second-order valence-corrected chi connectivity index (χ2v) is 5.09. The highest BCUT2D eigenvalue weighted by atomic mass is 32.1. The molecule has 1 aliphatic heterocycles. The van der Waals surface area contributed by atoms with Gasteiger partial charge in [0.2, 0.25) is 5.96 Å². The zero-order valence-electron chi connectivity index (χ0n) is 9.03. The van der Waals surface area contributed by atoms with Gasteiger partial charge in [0.25, 0.3) is 0 Å². The molecule has 1 atom stereocenters. The minimum absolute atomic E-state index is 0.0544. The molecule has 3 rings (SSSR count). The summed E-state index contributed by atoms with van der Waals surface area (Å²) in [7, 11) is 0. The molecule has 1 aromatic heterocycles. The van der Waals surface area contributed by atoms with E-state index in [0.29, 0.717) is 0 Å². The quantitative estimate of drug-likeness (QED) is 0.720. The standard InChI is InChI=1S/C11H11N3O2S/c15-9-10(16)14-11(13-9)12-7-2-1-3-8-6(7)4-5-17-8/h4-5,7H,1-3H2,(H2,12,13,14,15,16). The lowest BCUT2D eigenvalue weighted by Crippen LogP contribution is -2.27. The number of amides is 2. The number of nitrogens with zero attached hydrogens (tertiary/aromatic N) is 1. The lowest BCUT2D eigenvalue weighted by molar-refractivity contribution is -0.135. The zero-order chi connectivity index (χ0) is 11.8. The van der Waals surface area contributed by atoms with Crippen molar-refractivity contribution in [3.8, 4) is 0 Å². The Morgan fingerprint density at radius 1 is 1.29 bits per heavy atom. The van der Waals surface area contributed by atoms with Gasteiger partial charge in [0, 0.05) is 4.88 Å². The van der Waals surface area contributed by atoms with Gasteiger partial charge in [-0.2, -0.15) is 0 Å². The molecule has 0 bridgehead atoms. The first-order chi connectivity index (χ1) is 8.24. The Hall–Kier alpha value is -1.69. The molecule has 17 heavy (non-hydrogen) atoms. The third kappa shape index (κ3) is 1.84. The fourth-order valence-electron chi connectivity index (χ4n) is 2.18. The zero-order valence-corrected chi connectivity index (χ0v) is 9.84. The number of aryl methyl sites for hydroxylation is 1. The topological polar surface area (TPSA) is 70.6 Å². The number of fused-ring (bicyclic) bond motifs is 1. The van der Waals surface area contributed by atoms with Crippen LogP contribution in [-0.2, 0) is 16.0 Å². The van der Waals surface area contributed by atoms with Gasteiger partial charge in [-0.25, -0.2) is 4.99 Å². The fourth-order valence-corrected chi connectivity index (χ4v) is 3.16. The normalized spacial score (nSPS) is 23.1. The Bertz CT molecular complexity index is 503. The summed E-state index contributed by atoms with van der Waals surface area (Å²) in [6.07, 6.45) is 3.16. The predicted octanol–water partition coefficient (Wildman–Crippen LogP) is 0.727. The number of hydrogen-bond acceptors (Lipinski definition) is 4. The first-order valence-corrected chi connectivity index (χ1v) is 6.38. The van der Waals surface area contributed by atoms with Crippen LogP contribution < -0.4 is 10.6 Å². The summed E-state index contributed by atoms with van der Waals surface area (Å²) in [6.45, 7) is 0. The van der Waals surface area contributed by atoms with Crippen molar-refractivity contribution in [2.24, 2.45) is 4.99 Å². The van der Waals surface area contributed by atoms with Crippen molar-refractivity contribution in [2.75, 3.05) is 0 Å². The fraction of sp³-hybridized carbons (Fsp3) is 0.364. The average Bonchev–Trinajstić information content (AvgIpc) is 2.87. The number of nitrogens with one attached hydrogen (secondary N) is 2. The van der Waals surface area contributed by atoms with Gasteiger partial charge in [0.1, 0.15) is 0 Å². The third-order valence-electron chi connectivity index (χ3n) is 2.98. The number of carbonyl (C=O) groups excluding carboxylic acids is 2. The van der Waals surface area contributed by atoms with Crippen LogP contribution in [0.3, 0.4) is 0 Å². The summed E-state index contributed by atoms with van der Waals surface area (Å²) < 4.78 is 0. The van der Waals surface area contributed by atoms with E-state index in [9.17, 15) is 9.59 Å². The van der Waals surface area contributed by atoms with Gasteiger partial charge in [0.15, 0.2) is 0 Å². The second kappa shape index (κ2) is 3.96. The van der Waals surface area contributed by atoms with Gasteiger partial charge in [-0.05, 0) is 36.3 Å². The minimum atomic E-state index is -0.634. The van der Waals surface area contributed by atoms with Crippen molar-refractivity contribution in [3.63, 3.8) is 0 Å². The molecule has 1 aliphatic carbocycles. The van der Waals surface area contributed by atoms with Crippen molar-refractivity contribution in [2.45, 2.75) is 25.3 Å². The Balaban J connectivity index is 1.86. The van der Waals surface area contributed by atoms with Gasteiger partial charge in [-0.15, -0.1) is 11.3 Å². The van der Waals surface area contributed by atoms with E-state index >= 15 is 0 Å². The van der Waals surface area contributed by atoms with Crippen LogP contribution in [0, 0.1) is 0 Å². The van der Waals surface area contributed by atoms with Gasteiger partial charge in [0.05, 0.1) is 6.04 Å². The van der Waals surface area contributed by atoms with Crippen LogP contribution in [0.4, 0.5) is 0 Å². The first kappa shape index (κ1) is 10.5. The van der Waals surface area contributed by atoms with Crippen LogP contribution >= 0.6 is 11.3 Å². The van der Waals surface area contributed by atoms with Crippen molar-refractivity contribution in [1.82, 2.24) is 10.6 Å². The number of rotatable bonds is 1. The maximum Gasteiger partial charge on any atom is 0.316 e. The highest BCUT2D eigenvalue weighted by Gasteiger charge is 2.27. The summed E-state index contributed by atoms with van der Waals surface area (Å²) in [5.41, 5.74) is 1.23. The molecule has 88 valence electrons. The molecule has 2 amide bonds. The van der Waals surface area contributed by atoms with Crippen molar-refractivity contribution >= 4 is 29.1 Å². The molecule has 0 spiro atoms. The van der Waals surface area contributed by atoms with Crippen LogP contribution in [0.15, 0.2) is 16.4 Å². The molecule has 2 heterocycles. The molecule has 1 aromatic rings. The number of carbonyl (C=O) groups is 2. The molecule has 5 nitrogen and oxygen atoms in total. The van der Waals surface area contributed by atoms with Crippen LogP contribution in [-0.4, -0.2) is 17.8 Å². The Morgan fingerprint density at radius 2 is 2.06 bits per heavy atom. The third-order valence-corrected chi connectivity index (χ3v) is 3.97. The molecule has 2 aliphatic rings. The van der Waals surface area contributed by atoms with Crippen molar-refractivity contribution in [3.05, 3.63) is 21.9 Å². The predicted molar refractivity (Wildman–Crippen MR) is 63.7 cm³/mol. The molecular formula is C11H11N3O2S. The van der Waals surface area contributed by atoms with Gasteiger partial charge in [-0.3, -0.25) is 20.2 Å². The summed E-state index contributed by atoms with van der Waals surface area (Å²) >= 11 is 1.74. The van der Waals surface area contributed by atoms with Crippen LogP contribution in [0.1, 0.15) is 29.3 Å². The Morgan fingerprint density at radius 3 is 2.82 bits per heavy atom. The summed E-state index contributed by atoms with van der Waals surface area (Å²) in [5.74, 6) is -0.987. The van der Waals surface area contributed by atoms with Crippen LogP contribution in [0.2, 0.25) is 0 Å². The smallest absolute Gasteiger partial charge is 0.288 e. The molecule has 0 saturated carbocycles. The molecular weight excluding hydrogens is 238 g/mol. The van der Waals surface area contributed by atoms with E-state index in [0.717, 1.165) is 19.3 Å². The molecule has 0 radical (unpaired) electrons. The lowest BCUT2D eigenvalue weighted by Gasteiger charge is -2.19. The van der Waals surface area contributed by atoms with Gasteiger partial charge >= 0.3 is 11.8 Å². The average molecular weight is 249 g/mol. The lowest BCUT2D eigenvalue weighted by atomic mass is 9.95. The maximum absolute atomic E-state index is 11.0. The SMILES string of the molecule is O=C1NC(=NC2CCCc3sccc32)NC1=O. The van der Waals surface area contributed by atoms with Gasteiger partial charge in [-0.1, -0.05) is 0 Å².